The van der Waals surface area contributed by atoms with Crippen molar-refractivity contribution >= 4 is 5.91 Å². The van der Waals surface area contributed by atoms with E-state index in [2.05, 4.69) is 10.2 Å². The molecule has 0 atom stereocenters. The first kappa shape index (κ1) is 18.0. The van der Waals surface area contributed by atoms with Gasteiger partial charge in [-0.25, -0.2) is 0 Å². The van der Waals surface area contributed by atoms with Crippen LogP contribution in [0.5, 0.6) is 5.75 Å². The summed E-state index contributed by atoms with van der Waals surface area (Å²) in [5, 5.41) is 2.95. The fourth-order valence-electron chi connectivity index (χ4n) is 2.22. The minimum absolute atomic E-state index is 0.0515. The molecule has 0 aromatic heterocycles. The maximum Gasteiger partial charge on any atom is 0.251 e. The lowest BCUT2D eigenvalue weighted by molar-refractivity contribution is 0.0951. The lowest BCUT2D eigenvalue weighted by Crippen LogP contribution is -2.22. The van der Waals surface area contributed by atoms with E-state index < -0.39 is 0 Å². The Morgan fingerprint density at radius 3 is 2.38 bits per heavy atom. The predicted molar refractivity (Wildman–Crippen MR) is 97.6 cm³/mol. The number of aryl methyl sites for hydroxylation is 2. The lowest BCUT2D eigenvalue weighted by Gasteiger charge is -2.11. The number of hydrogen-bond acceptors (Lipinski definition) is 3. The van der Waals surface area contributed by atoms with Gasteiger partial charge in [0.15, 0.2) is 0 Å². The molecule has 2 rings (SSSR count). The van der Waals surface area contributed by atoms with Gasteiger partial charge in [0.25, 0.3) is 5.91 Å². The first-order valence-corrected chi connectivity index (χ1v) is 8.17. The first-order valence-electron chi connectivity index (χ1n) is 8.17. The zero-order valence-corrected chi connectivity index (χ0v) is 14.9. The second kappa shape index (κ2) is 8.50. The molecule has 24 heavy (non-hydrogen) atoms. The highest BCUT2D eigenvalue weighted by molar-refractivity contribution is 5.94. The molecule has 0 bridgehead atoms. The molecule has 2 aromatic rings. The third-order valence-electron chi connectivity index (χ3n) is 3.95. The lowest BCUT2D eigenvalue weighted by atomic mass is 10.1. The molecule has 0 radical (unpaired) electrons. The van der Waals surface area contributed by atoms with Crippen LogP contribution in [0, 0.1) is 13.8 Å². The van der Waals surface area contributed by atoms with Crippen molar-refractivity contribution in [3.63, 3.8) is 0 Å². The number of hydrogen-bond donors (Lipinski definition) is 1. The number of carbonyl (C=O) groups excluding carboxylic acids is 1. The molecule has 0 fully saturated rings. The summed E-state index contributed by atoms with van der Waals surface area (Å²) < 4.78 is 5.66. The molecule has 0 heterocycles. The molecule has 4 nitrogen and oxygen atoms in total. The maximum atomic E-state index is 12.2. The van der Waals surface area contributed by atoms with Gasteiger partial charge in [0.1, 0.15) is 12.4 Å². The summed E-state index contributed by atoms with van der Waals surface area (Å²) in [7, 11) is 4.04. The van der Waals surface area contributed by atoms with Crippen LogP contribution in [-0.4, -0.2) is 38.1 Å². The molecule has 1 N–H and O–H groups in total. The number of nitrogens with zero attached hydrogens (tertiary/aromatic N) is 1. The van der Waals surface area contributed by atoms with Crippen molar-refractivity contribution in [2.75, 3.05) is 27.2 Å². The van der Waals surface area contributed by atoms with Crippen molar-refractivity contribution in [3.05, 3.63) is 64.7 Å². The zero-order valence-electron chi connectivity index (χ0n) is 14.9. The van der Waals surface area contributed by atoms with Crippen molar-refractivity contribution in [2.45, 2.75) is 20.4 Å². The number of ether oxygens (including phenoxy) is 1. The average molecular weight is 326 g/mol. The van der Waals surface area contributed by atoms with Gasteiger partial charge in [-0.05, 0) is 68.9 Å². The largest absolute Gasteiger partial charge is 0.492 e. The monoisotopic (exact) mass is 326 g/mol. The van der Waals surface area contributed by atoms with Crippen LogP contribution in [0.3, 0.4) is 0 Å². The van der Waals surface area contributed by atoms with Crippen LogP contribution in [0.15, 0.2) is 42.5 Å². The molecule has 0 aliphatic heterocycles. The summed E-state index contributed by atoms with van der Waals surface area (Å²) in [6, 6.07) is 13.6. The zero-order chi connectivity index (χ0) is 17.5. The number of likely N-dealkylation sites (N-methyl/N-ethyl adjacent to an activating group) is 1. The van der Waals surface area contributed by atoms with Crippen molar-refractivity contribution in [2.24, 2.45) is 0 Å². The molecule has 2 aromatic carbocycles. The number of rotatable bonds is 7. The van der Waals surface area contributed by atoms with Crippen LogP contribution in [-0.2, 0) is 6.54 Å². The van der Waals surface area contributed by atoms with Gasteiger partial charge in [-0.2, -0.15) is 0 Å². The summed E-state index contributed by atoms with van der Waals surface area (Å²) >= 11 is 0. The van der Waals surface area contributed by atoms with Crippen molar-refractivity contribution in [1.82, 2.24) is 10.2 Å². The summed E-state index contributed by atoms with van der Waals surface area (Å²) in [6.07, 6.45) is 0. The van der Waals surface area contributed by atoms with Crippen LogP contribution >= 0.6 is 0 Å². The van der Waals surface area contributed by atoms with E-state index in [0.717, 1.165) is 23.4 Å². The van der Waals surface area contributed by atoms with E-state index in [-0.39, 0.29) is 5.91 Å². The second-order valence-electron chi connectivity index (χ2n) is 6.28. The molecule has 0 unspecified atom stereocenters. The third kappa shape index (κ3) is 5.39. The van der Waals surface area contributed by atoms with Gasteiger partial charge < -0.3 is 15.0 Å². The Morgan fingerprint density at radius 1 is 1.04 bits per heavy atom. The molecule has 128 valence electrons. The van der Waals surface area contributed by atoms with E-state index >= 15 is 0 Å². The van der Waals surface area contributed by atoms with Gasteiger partial charge in [0, 0.05) is 18.7 Å². The Morgan fingerprint density at radius 2 is 1.75 bits per heavy atom. The highest BCUT2D eigenvalue weighted by Crippen LogP contribution is 2.13. The van der Waals surface area contributed by atoms with E-state index in [4.69, 9.17) is 4.74 Å². The normalized spacial score (nSPS) is 10.7. The standard InChI is InChI=1S/C20H26N2O2/c1-15-5-8-18(13-16(15)2)20(23)21-14-17-6-9-19(10-7-17)24-12-11-22(3)4/h5-10,13H,11-12,14H2,1-4H3,(H,21,23). The fourth-order valence-corrected chi connectivity index (χ4v) is 2.22. The first-order chi connectivity index (χ1) is 11.5. The predicted octanol–water partition coefficient (Wildman–Crippen LogP) is 3.17. The Kier molecular flexibility index (Phi) is 6.38. The van der Waals surface area contributed by atoms with Crippen molar-refractivity contribution in [1.29, 1.82) is 0 Å². The fraction of sp³-hybridized carbons (Fsp3) is 0.350. The maximum absolute atomic E-state index is 12.2. The molecular weight excluding hydrogens is 300 g/mol. The molecule has 0 saturated heterocycles. The van der Waals surface area contributed by atoms with Crippen LogP contribution in [0.25, 0.3) is 0 Å². The van der Waals surface area contributed by atoms with Gasteiger partial charge in [0.05, 0.1) is 0 Å². The van der Waals surface area contributed by atoms with Crippen molar-refractivity contribution in [3.8, 4) is 5.75 Å². The summed E-state index contributed by atoms with van der Waals surface area (Å²) in [4.78, 5) is 14.3. The molecule has 1 amide bonds. The second-order valence-corrected chi connectivity index (χ2v) is 6.28. The Bertz CT molecular complexity index is 679. The molecule has 0 aliphatic rings. The van der Waals surface area contributed by atoms with E-state index in [1.165, 1.54) is 5.56 Å². The Hall–Kier alpha value is -2.33. The van der Waals surface area contributed by atoms with Gasteiger partial charge in [0.2, 0.25) is 0 Å². The van der Waals surface area contributed by atoms with E-state index in [9.17, 15) is 4.79 Å². The van der Waals surface area contributed by atoms with Crippen molar-refractivity contribution < 1.29 is 9.53 Å². The summed E-state index contributed by atoms with van der Waals surface area (Å²) in [6.45, 7) is 6.10. The number of nitrogens with one attached hydrogen (secondary N) is 1. The number of carbonyl (C=O) groups is 1. The quantitative estimate of drug-likeness (QED) is 0.850. The topological polar surface area (TPSA) is 41.6 Å². The van der Waals surface area contributed by atoms with Crippen LogP contribution in [0.4, 0.5) is 0 Å². The van der Waals surface area contributed by atoms with E-state index in [1.54, 1.807) is 0 Å². The highest BCUT2D eigenvalue weighted by atomic mass is 16.5. The highest BCUT2D eigenvalue weighted by Gasteiger charge is 2.06. The van der Waals surface area contributed by atoms with E-state index in [1.807, 2.05) is 70.4 Å². The molecule has 0 spiro atoms. The molecule has 0 saturated carbocycles. The van der Waals surface area contributed by atoms with Crippen LogP contribution < -0.4 is 10.1 Å². The Balaban J connectivity index is 1.85. The summed E-state index contributed by atoms with van der Waals surface area (Å²) in [5.41, 5.74) is 4.06. The average Bonchev–Trinajstić information content (AvgIpc) is 2.56. The smallest absolute Gasteiger partial charge is 0.251 e. The van der Waals surface area contributed by atoms with Crippen LogP contribution in [0.1, 0.15) is 27.0 Å². The minimum atomic E-state index is -0.0515. The Labute approximate surface area is 144 Å². The minimum Gasteiger partial charge on any atom is -0.492 e. The number of benzene rings is 2. The van der Waals surface area contributed by atoms with Gasteiger partial charge in [-0.3, -0.25) is 4.79 Å². The summed E-state index contributed by atoms with van der Waals surface area (Å²) in [5.74, 6) is 0.797. The third-order valence-corrected chi connectivity index (χ3v) is 3.95. The van der Waals surface area contributed by atoms with E-state index in [0.29, 0.717) is 18.7 Å². The van der Waals surface area contributed by atoms with Gasteiger partial charge in [-0.1, -0.05) is 18.2 Å². The van der Waals surface area contributed by atoms with Gasteiger partial charge in [-0.15, -0.1) is 0 Å². The molecule has 4 heteroatoms. The molecular formula is C20H26N2O2. The molecule has 0 aliphatic carbocycles. The SMILES string of the molecule is Cc1ccc(C(=O)NCc2ccc(OCCN(C)C)cc2)cc1C. The van der Waals surface area contributed by atoms with Crippen LogP contribution in [0.2, 0.25) is 0 Å². The number of amides is 1. The van der Waals surface area contributed by atoms with Gasteiger partial charge >= 0.3 is 0 Å².